The maximum Gasteiger partial charge on any atom is 0.162 e. The molecule has 0 aliphatic heterocycles. The second-order valence-electron chi connectivity index (χ2n) is 10.0. The Morgan fingerprint density at radius 3 is 1.88 bits per heavy atom. The van der Waals surface area contributed by atoms with Crippen LogP contribution in [0.25, 0.3) is 6.08 Å². The van der Waals surface area contributed by atoms with Crippen LogP contribution in [0.2, 0.25) is 0 Å². The second-order valence-corrected chi connectivity index (χ2v) is 10.0. The van der Waals surface area contributed by atoms with Gasteiger partial charge in [0.15, 0.2) is 11.6 Å². The maximum absolute atomic E-state index is 15.0. The molecule has 0 amide bonds. The highest BCUT2D eigenvalue weighted by Crippen LogP contribution is 2.41. The second kappa shape index (κ2) is 10.3. The van der Waals surface area contributed by atoms with Crippen LogP contribution in [0.5, 0.6) is 0 Å². The van der Waals surface area contributed by atoms with Crippen molar-refractivity contribution in [2.75, 3.05) is 0 Å². The molecular formula is C29H35F3. The Morgan fingerprint density at radius 1 is 0.781 bits per heavy atom. The van der Waals surface area contributed by atoms with Crippen molar-refractivity contribution in [1.29, 1.82) is 0 Å². The van der Waals surface area contributed by atoms with Gasteiger partial charge in [0.2, 0.25) is 0 Å². The maximum atomic E-state index is 15.0. The lowest BCUT2D eigenvalue weighted by atomic mass is 9.76. The quantitative estimate of drug-likeness (QED) is 0.435. The third kappa shape index (κ3) is 5.13. The van der Waals surface area contributed by atoms with Crippen LogP contribution in [0, 0.1) is 29.3 Å². The lowest BCUT2D eigenvalue weighted by Gasteiger charge is -2.29. The summed E-state index contributed by atoms with van der Waals surface area (Å²) in [4.78, 5) is 0. The molecule has 2 aliphatic carbocycles. The van der Waals surface area contributed by atoms with Crippen LogP contribution in [-0.4, -0.2) is 0 Å². The topological polar surface area (TPSA) is 0 Å². The van der Waals surface area contributed by atoms with Gasteiger partial charge in [0.05, 0.1) is 0 Å². The molecule has 2 fully saturated rings. The van der Waals surface area contributed by atoms with E-state index in [0.717, 1.165) is 62.5 Å². The lowest BCUT2D eigenvalue weighted by Crippen LogP contribution is -2.16. The van der Waals surface area contributed by atoms with Crippen molar-refractivity contribution in [1.82, 2.24) is 0 Å². The predicted octanol–water partition coefficient (Wildman–Crippen LogP) is 8.95. The molecule has 4 rings (SSSR count). The fourth-order valence-electron chi connectivity index (χ4n) is 5.60. The van der Waals surface area contributed by atoms with E-state index in [9.17, 15) is 8.78 Å². The normalized spacial score (nSPS) is 26.5. The van der Waals surface area contributed by atoms with E-state index in [4.69, 9.17) is 0 Å². The molecule has 0 spiro atoms. The Bertz CT molecular complexity index is 945. The summed E-state index contributed by atoms with van der Waals surface area (Å²) < 4.78 is 44.0. The first-order valence-electron chi connectivity index (χ1n) is 12.4. The summed E-state index contributed by atoms with van der Waals surface area (Å²) in [5.41, 5.74) is 2.75. The number of allylic oxidation sites excluding steroid dienone is 1. The minimum Gasteiger partial charge on any atom is -0.207 e. The van der Waals surface area contributed by atoms with Crippen molar-refractivity contribution < 1.29 is 13.2 Å². The summed E-state index contributed by atoms with van der Waals surface area (Å²) in [7, 11) is 0. The predicted molar refractivity (Wildman–Crippen MR) is 126 cm³/mol. The van der Waals surface area contributed by atoms with E-state index in [1.807, 2.05) is 37.3 Å². The van der Waals surface area contributed by atoms with Gasteiger partial charge < -0.3 is 0 Å². The van der Waals surface area contributed by atoms with Crippen LogP contribution in [-0.2, 0) is 6.42 Å². The third-order valence-corrected chi connectivity index (χ3v) is 7.83. The van der Waals surface area contributed by atoms with Gasteiger partial charge in [-0.3, -0.25) is 0 Å². The number of benzene rings is 2. The molecule has 0 unspecified atom stereocenters. The molecule has 0 heterocycles. The molecule has 0 saturated heterocycles. The van der Waals surface area contributed by atoms with Crippen molar-refractivity contribution in [3.63, 3.8) is 0 Å². The Kier molecular flexibility index (Phi) is 7.43. The van der Waals surface area contributed by atoms with E-state index in [0.29, 0.717) is 29.4 Å². The highest BCUT2D eigenvalue weighted by Gasteiger charge is 2.28. The van der Waals surface area contributed by atoms with Crippen LogP contribution in [0.15, 0.2) is 36.4 Å². The van der Waals surface area contributed by atoms with Gasteiger partial charge >= 0.3 is 0 Å². The van der Waals surface area contributed by atoms with Crippen LogP contribution < -0.4 is 0 Å². The molecule has 2 aromatic carbocycles. The standard InChI is InChI=1S/C29H35F3/c1-3-22-13-10-21(18-27(22)30)7-6-20-8-14-24(15-9-20)26-17-16-25(28(31)29(26)32)23-11-4-19(2)5-12-23/h6-7,10,13,16-20,23-24H,3-5,8-9,11-12,14-15H2,1-2H3. The fourth-order valence-corrected chi connectivity index (χ4v) is 5.60. The zero-order valence-electron chi connectivity index (χ0n) is 19.3. The van der Waals surface area contributed by atoms with Gasteiger partial charge in [-0.1, -0.05) is 63.1 Å². The minimum atomic E-state index is -0.619. The zero-order valence-corrected chi connectivity index (χ0v) is 19.3. The van der Waals surface area contributed by atoms with Crippen LogP contribution in [0.4, 0.5) is 13.2 Å². The summed E-state index contributed by atoms with van der Waals surface area (Å²) in [5.74, 6) is -0.0491. The first kappa shape index (κ1) is 23.1. The molecule has 0 bridgehead atoms. The molecule has 0 nitrogen and oxygen atoms in total. The smallest absolute Gasteiger partial charge is 0.162 e. The van der Waals surface area contributed by atoms with Crippen LogP contribution >= 0.6 is 0 Å². The van der Waals surface area contributed by atoms with Gasteiger partial charge in [-0.05, 0) is 96.9 Å². The monoisotopic (exact) mass is 440 g/mol. The summed E-state index contributed by atoms with van der Waals surface area (Å²) >= 11 is 0. The first-order valence-corrected chi connectivity index (χ1v) is 12.4. The lowest BCUT2D eigenvalue weighted by molar-refractivity contribution is 0.336. The molecular weight excluding hydrogens is 405 g/mol. The molecule has 0 radical (unpaired) electrons. The van der Waals surface area contributed by atoms with E-state index >= 15 is 4.39 Å². The highest BCUT2D eigenvalue weighted by molar-refractivity contribution is 5.50. The van der Waals surface area contributed by atoms with Gasteiger partial charge in [-0.25, -0.2) is 13.2 Å². The van der Waals surface area contributed by atoms with E-state index < -0.39 is 11.6 Å². The Hall–Kier alpha value is -2.03. The molecule has 0 aromatic heterocycles. The van der Waals surface area contributed by atoms with Crippen LogP contribution in [0.3, 0.4) is 0 Å². The number of halogens is 3. The molecule has 0 atom stereocenters. The Balaban J connectivity index is 1.37. The van der Waals surface area contributed by atoms with E-state index in [1.54, 1.807) is 6.07 Å². The average molecular weight is 441 g/mol. The van der Waals surface area contributed by atoms with Gasteiger partial charge in [-0.2, -0.15) is 0 Å². The van der Waals surface area contributed by atoms with Crippen molar-refractivity contribution in [2.45, 2.75) is 83.5 Å². The molecule has 172 valence electrons. The number of rotatable bonds is 5. The first-order chi connectivity index (χ1) is 15.5. The Morgan fingerprint density at radius 2 is 1.34 bits per heavy atom. The van der Waals surface area contributed by atoms with Gasteiger partial charge in [0, 0.05) is 0 Å². The van der Waals surface area contributed by atoms with E-state index in [1.165, 1.54) is 0 Å². The number of hydrogen-bond acceptors (Lipinski definition) is 0. The molecule has 3 heteroatoms. The van der Waals surface area contributed by atoms with E-state index in [-0.39, 0.29) is 17.7 Å². The minimum absolute atomic E-state index is 0.0795. The summed E-state index contributed by atoms with van der Waals surface area (Å²) in [5, 5.41) is 0. The van der Waals surface area contributed by atoms with Crippen molar-refractivity contribution in [3.8, 4) is 0 Å². The molecule has 32 heavy (non-hydrogen) atoms. The van der Waals surface area contributed by atoms with Crippen molar-refractivity contribution in [2.24, 2.45) is 11.8 Å². The summed E-state index contributed by atoms with van der Waals surface area (Å²) in [6.45, 7) is 4.19. The summed E-state index contributed by atoms with van der Waals surface area (Å²) in [6.07, 6.45) is 12.6. The Labute approximate surface area is 190 Å². The van der Waals surface area contributed by atoms with E-state index in [2.05, 4.69) is 13.0 Å². The number of aryl methyl sites for hydroxylation is 1. The molecule has 0 N–H and O–H groups in total. The third-order valence-electron chi connectivity index (χ3n) is 7.83. The van der Waals surface area contributed by atoms with Gasteiger partial charge in [0.25, 0.3) is 0 Å². The fraction of sp³-hybridized carbons (Fsp3) is 0.517. The van der Waals surface area contributed by atoms with Crippen molar-refractivity contribution >= 4 is 6.08 Å². The molecule has 2 aromatic rings. The van der Waals surface area contributed by atoms with Crippen molar-refractivity contribution in [3.05, 3.63) is 76.1 Å². The number of hydrogen-bond donors (Lipinski definition) is 0. The van der Waals surface area contributed by atoms with Gasteiger partial charge in [-0.15, -0.1) is 0 Å². The zero-order chi connectivity index (χ0) is 22.7. The largest absolute Gasteiger partial charge is 0.207 e. The average Bonchev–Trinajstić information content (AvgIpc) is 2.81. The summed E-state index contributed by atoms with van der Waals surface area (Å²) in [6, 6.07) is 9.10. The van der Waals surface area contributed by atoms with Gasteiger partial charge in [0.1, 0.15) is 5.82 Å². The molecule has 2 aliphatic rings. The molecule has 2 saturated carbocycles. The SMILES string of the molecule is CCc1ccc(C=CC2CCC(c3ccc(C4CCC(C)CC4)c(F)c3F)CC2)cc1F. The van der Waals surface area contributed by atoms with Crippen LogP contribution in [0.1, 0.15) is 99.3 Å². The highest BCUT2D eigenvalue weighted by atomic mass is 19.2.